The quantitative estimate of drug-likeness (QED) is 0.497. The summed E-state index contributed by atoms with van der Waals surface area (Å²) in [6.45, 7) is 1.42. The van der Waals surface area contributed by atoms with Gasteiger partial charge in [0.05, 0.1) is 4.92 Å². The van der Waals surface area contributed by atoms with E-state index >= 15 is 0 Å². The first-order valence-electron chi connectivity index (χ1n) is 4.58. The number of anilines is 1. The van der Waals surface area contributed by atoms with Crippen LogP contribution in [0.1, 0.15) is 5.56 Å². The van der Waals surface area contributed by atoms with Gasteiger partial charge in [0, 0.05) is 6.07 Å². The Morgan fingerprint density at radius 3 is 2.61 bits per heavy atom. The summed E-state index contributed by atoms with van der Waals surface area (Å²) in [6.07, 6.45) is 0. The SMILES string of the molecule is Cc1ccc([N+](=O)[O-])c(NN=C(C#N)C#N)c1F. The van der Waals surface area contributed by atoms with Crippen molar-refractivity contribution in [2.75, 3.05) is 5.43 Å². The smallest absolute Gasteiger partial charge is 0.267 e. The van der Waals surface area contributed by atoms with E-state index in [9.17, 15) is 14.5 Å². The minimum Gasteiger partial charge on any atom is -0.267 e. The number of hydrogen-bond donors (Lipinski definition) is 1. The topological polar surface area (TPSA) is 115 Å². The molecule has 8 heteroatoms. The predicted octanol–water partition coefficient (Wildman–Crippen LogP) is 1.86. The fraction of sp³-hybridized carbons (Fsp3) is 0.100. The van der Waals surface area contributed by atoms with E-state index in [1.54, 1.807) is 0 Å². The number of nitriles is 2. The number of hydrazone groups is 1. The van der Waals surface area contributed by atoms with E-state index in [2.05, 4.69) is 5.10 Å². The highest BCUT2D eigenvalue weighted by Gasteiger charge is 2.19. The van der Waals surface area contributed by atoms with Crippen molar-refractivity contribution in [1.82, 2.24) is 0 Å². The lowest BCUT2D eigenvalue weighted by atomic mass is 10.2. The van der Waals surface area contributed by atoms with E-state index in [4.69, 9.17) is 10.5 Å². The van der Waals surface area contributed by atoms with Crippen molar-refractivity contribution in [3.8, 4) is 12.1 Å². The standard InChI is InChI=1S/C10H6FN5O2/c1-6-2-3-8(16(17)18)10(9(6)11)15-14-7(4-12)5-13/h2-3,15H,1H3. The van der Waals surface area contributed by atoms with Gasteiger partial charge in [-0.15, -0.1) is 0 Å². The lowest BCUT2D eigenvalue weighted by Gasteiger charge is -2.05. The molecule has 0 aliphatic rings. The molecule has 7 nitrogen and oxygen atoms in total. The summed E-state index contributed by atoms with van der Waals surface area (Å²) in [7, 11) is 0. The first-order valence-corrected chi connectivity index (χ1v) is 4.58. The molecule has 0 heterocycles. The van der Waals surface area contributed by atoms with Crippen LogP contribution < -0.4 is 5.43 Å². The van der Waals surface area contributed by atoms with Crippen LogP contribution in [0, 0.1) is 45.5 Å². The van der Waals surface area contributed by atoms with Crippen LogP contribution in [0.2, 0.25) is 0 Å². The zero-order valence-electron chi connectivity index (χ0n) is 9.14. The van der Waals surface area contributed by atoms with Gasteiger partial charge in [0.1, 0.15) is 12.1 Å². The van der Waals surface area contributed by atoms with Gasteiger partial charge >= 0.3 is 0 Å². The van der Waals surface area contributed by atoms with Gasteiger partial charge in [-0.05, 0) is 18.6 Å². The molecule has 90 valence electrons. The first kappa shape index (κ1) is 13.1. The van der Waals surface area contributed by atoms with Crippen LogP contribution in [0.3, 0.4) is 0 Å². The van der Waals surface area contributed by atoms with Crippen LogP contribution in [0.5, 0.6) is 0 Å². The Morgan fingerprint density at radius 2 is 2.11 bits per heavy atom. The second-order valence-electron chi connectivity index (χ2n) is 3.14. The number of nitro benzene ring substituents is 1. The Hall–Kier alpha value is -3.00. The Morgan fingerprint density at radius 1 is 1.50 bits per heavy atom. The molecular weight excluding hydrogens is 241 g/mol. The third-order valence-corrected chi connectivity index (χ3v) is 2.00. The molecule has 1 rings (SSSR count). The van der Waals surface area contributed by atoms with Gasteiger partial charge < -0.3 is 0 Å². The van der Waals surface area contributed by atoms with E-state index in [0.29, 0.717) is 0 Å². The van der Waals surface area contributed by atoms with Crippen molar-refractivity contribution < 1.29 is 9.31 Å². The third kappa shape index (κ3) is 2.57. The van der Waals surface area contributed by atoms with Gasteiger partial charge in [-0.2, -0.15) is 15.6 Å². The number of benzene rings is 1. The van der Waals surface area contributed by atoms with Gasteiger partial charge in [0.2, 0.25) is 5.71 Å². The molecule has 0 amide bonds. The van der Waals surface area contributed by atoms with E-state index in [1.165, 1.54) is 25.1 Å². The van der Waals surface area contributed by atoms with Crippen molar-refractivity contribution in [3.05, 3.63) is 33.6 Å². The van der Waals surface area contributed by atoms with Crippen molar-refractivity contribution in [2.45, 2.75) is 6.92 Å². The average Bonchev–Trinajstić information content (AvgIpc) is 2.35. The maximum absolute atomic E-state index is 13.7. The Kier molecular flexibility index (Phi) is 3.89. The molecule has 0 unspecified atom stereocenters. The van der Waals surface area contributed by atoms with E-state index < -0.39 is 27.8 Å². The minimum absolute atomic E-state index is 0.175. The lowest BCUT2D eigenvalue weighted by molar-refractivity contribution is -0.384. The number of nitrogens with one attached hydrogen (secondary N) is 1. The predicted molar refractivity (Wildman–Crippen MR) is 60.1 cm³/mol. The van der Waals surface area contributed by atoms with E-state index in [-0.39, 0.29) is 5.56 Å². The summed E-state index contributed by atoms with van der Waals surface area (Å²) < 4.78 is 13.7. The second kappa shape index (κ2) is 5.37. The number of nitro groups is 1. The molecule has 18 heavy (non-hydrogen) atoms. The Labute approximate surface area is 101 Å². The maximum Gasteiger partial charge on any atom is 0.297 e. The molecule has 0 aliphatic carbocycles. The molecule has 1 aromatic carbocycles. The largest absolute Gasteiger partial charge is 0.297 e. The van der Waals surface area contributed by atoms with Crippen LogP contribution in [-0.2, 0) is 0 Å². The number of hydrogen-bond acceptors (Lipinski definition) is 6. The maximum atomic E-state index is 13.7. The molecule has 1 aromatic rings. The molecular formula is C10H6FN5O2. The number of aryl methyl sites for hydroxylation is 1. The van der Waals surface area contributed by atoms with Gasteiger partial charge in [-0.25, -0.2) is 4.39 Å². The molecule has 0 fully saturated rings. The molecule has 0 aromatic heterocycles. The number of rotatable bonds is 3. The normalized spacial score (nSPS) is 8.89. The molecule has 0 bridgehead atoms. The highest BCUT2D eigenvalue weighted by Crippen LogP contribution is 2.29. The molecule has 0 saturated carbocycles. The van der Waals surface area contributed by atoms with Crippen LogP contribution in [-0.4, -0.2) is 10.6 Å². The monoisotopic (exact) mass is 247 g/mol. The Balaban J connectivity index is 3.28. The second-order valence-corrected chi connectivity index (χ2v) is 3.14. The van der Waals surface area contributed by atoms with Crippen LogP contribution in [0.15, 0.2) is 17.2 Å². The van der Waals surface area contributed by atoms with Crippen LogP contribution in [0.4, 0.5) is 15.8 Å². The van der Waals surface area contributed by atoms with Gasteiger partial charge in [0.15, 0.2) is 11.5 Å². The average molecular weight is 247 g/mol. The molecule has 0 aliphatic heterocycles. The molecule has 1 N–H and O–H groups in total. The molecule has 0 atom stereocenters. The molecule has 0 spiro atoms. The van der Waals surface area contributed by atoms with Crippen molar-refractivity contribution in [3.63, 3.8) is 0 Å². The van der Waals surface area contributed by atoms with Crippen molar-refractivity contribution in [2.24, 2.45) is 5.10 Å². The third-order valence-electron chi connectivity index (χ3n) is 2.00. The highest BCUT2D eigenvalue weighted by molar-refractivity contribution is 6.10. The summed E-state index contributed by atoms with van der Waals surface area (Å²) in [5, 5.41) is 30.8. The van der Waals surface area contributed by atoms with Gasteiger partial charge in [0.25, 0.3) is 5.69 Å². The van der Waals surface area contributed by atoms with Crippen LogP contribution in [0.25, 0.3) is 0 Å². The zero-order valence-corrected chi connectivity index (χ0v) is 9.14. The summed E-state index contributed by atoms with van der Waals surface area (Å²) in [6, 6.07) is 5.23. The fourth-order valence-electron chi connectivity index (χ4n) is 1.12. The highest BCUT2D eigenvalue weighted by atomic mass is 19.1. The number of nitrogens with zero attached hydrogens (tertiary/aromatic N) is 4. The van der Waals surface area contributed by atoms with Crippen molar-refractivity contribution in [1.29, 1.82) is 10.5 Å². The molecule has 0 radical (unpaired) electrons. The van der Waals surface area contributed by atoms with Crippen LogP contribution >= 0.6 is 0 Å². The van der Waals surface area contributed by atoms with Gasteiger partial charge in [-0.1, -0.05) is 0 Å². The summed E-state index contributed by atoms with van der Waals surface area (Å²) in [4.78, 5) is 9.90. The summed E-state index contributed by atoms with van der Waals surface area (Å²) in [5.41, 5.74) is 0.628. The van der Waals surface area contributed by atoms with E-state index in [1.807, 2.05) is 5.43 Å². The Bertz CT molecular complexity index is 596. The summed E-state index contributed by atoms with van der Waals surface area (Å²) >= 11 is 0. The zero-order chi connectivity index (χ0) is 13.7. The summed E-state index contributed by atoms with van der Waals surface area (Å²) in [5.74, 6) is -0.858. The lowest BCUT2D eigenvalue weighted by Crippen LogP contribution is -2.03. The minimum atomic E-state index is -0.858. The molecule has 0 saturated heterocycles. The van der Waals surface area contributed by atoms with E-state index in [0.717, 1.165) is 6.07 Å². The fourth-order valence-corrected chi connectivity index (χ4v) is 1.12. The number of halogens is 1. The van der Waals surface area contributed by atoms with Gasteiger partial charge in [-0.3, -0.25) is 15.5 Å². The first-order chi connectivity index (χ1) is 8.51. The van der Waals surface area contributed by atoms with Crippen molar-refractivity contribution >= 4 is 17.1 Å².